The Morgan fingerprint density at radius 2 is 2.17 bits per heavy atom. The van der Waals surface area contributed by atoms with Gasteiger partial charge in [0.2, 0.25) is 0 Å². The molecule has 0 aliphatic heterocycles. The van der Waals surface area contributed by atoms with Crippen molar-refractivity contribution in [3.8, 4) is 0 Å². The zero-order valence-corrected chi connectivity index (χ0v) is 10.2. The number of thiophene rings is 1. The van der Waals surface area contributed by atoms with Gasteiger partial charge in [0.1, 0.15) is 4.88 Å². The lowest BCUT2D eigenvalue weighted by molar-refractivity contribution is 0.0702. The van der Waals surface area contributed by atoms with Crippen LogP contribution in [0.5, 0.6) is 0 Å². The Balaban J connectivity index is 1.85. The molecule has 1 amide bonds. The smallest absolute Gasteiger partial charge is 0.345 e. The summed E-state index contributed by atoms with van der Waals surface area (Å²) in [5, 5.41) is 15.5. The molecule has 7 heteroatoms. The minimum Gasteiger partial charge on any atom is -0.477 e. The molecular formula is C11H11N3O3S. The van der Waals surface area contributed by atoms with Gasteiger partial charge in [0.25, 0.3) is 5.91 Å². The molecule has 0 spiro atoms. The zero-order valence-electron chi connectivity index (χ0n) is 9.37. The quantitative estimate of drug-likeness (QED) is 0.847. The molecule has 94 valence electrons. The first kappa shape index (κ1) is 12.3. The maximum Gasteiger partial charge on any atom is 0.345 e. The van der Waals surface area contributed by atoms with Gasteiger partial charge in [-0.25, -0.2) is 4.79 Å². The van der Waals surface area contributed by atoms with E-state index in [1.807, 2.05) is 0 Å². The highest BCUT2D eigenvalue weighted by molar-refractivity contribution is 7.15. The van der Waals surface area contributed by atoms with Crippen LogP contribution < -0.4 is 5.32 Å². The van der Waals surface area contributed by atoms with Gasteiger partial charge in [0.15, 0.2) is 0 Å². The monoisotopic (exact) mass is 265 g/mol. The van der Waals surface area contributed by atoms with Gasteiger partial charge in [0, 0.05) is 18.9 Å². The minimum atomic E-state index is -1.02. The molecule has 0 fully saturated rings. The summed E-state index contributed by atoms with van der Waals surface area (Å²) >= 11 is 0.963. The number of amides is 1. The van der Waals surface area contributed by atoms with E-state index >= 15 is 0 Å². The molecule has 0 bridgehead atoms. The summed E-state index contributed by atoms with van der Waals surface area (Å²) in [7, 11) is 0. The van der Waals surface area contributed by atoms with Crippen molar-refractivity contribution in [3.05, 3.63) is 40.3 Å². The van der Waals surface area contributed by atoms with Crippen LogP contribution in [0.25, 0.3) is 0 Å². The van der Waals surface area contributed by atoms with E-state index in [0.29, 0.717) is 18.0 Å². The molecule has 18 heavy (non-hydrogen) atoms. The van der Waals surface area contributed by atoms with Crippen LogP contribution in [-0.2, 0) is 6.54 Å². The van der Waals surface area contributed by atoms with E-state index in [4.69, 9.17) is 5.11 Å². The Morgan fingerprint density at radius 1 is 1.39 bits per heavy atom. The fraction of sp³-hybridized carbons (Fsp3) is 0.182. The van der Waals surface area contributed by atoms with Gasteiger partial charge in [-0.15, -0.1) is 11.3 Å². The summed E-state index contributed by atoms with van der Waals surface area (Å²) in [5.74, 6) is -1.28. The van der Waals surface area contributed by atoms with Crippen molar-refractivity contribution in [3.63, 3.8) is 0 Å². The number of hydrogen-bond donors (Lipinski definition) is 2. The number of carbonyl (C=O) groups is 2. The normalized spacial score (nSPS) is 10.2. The van der Waals surface area contributed by atoms with E-state index in [-0.39, 0.29) is 10.8 Å². The molecule has 0 aliphatic carbocycles. The molecule has 0 aliphatic rings. The second kappa shape index (κ2) is 5.46. The van der Waals surface area contributed by atoms with Gasteiger partial charge in [-0.1, -0.05) is 0 Å². The molecule has 2 heterocycles. The first-order valence-electron chi connectivity index (χ1n) is 5.25. The number of aromatic carboxylic acids is 1. The van der Waals surface area contributed by atoms with Crippen LogP contribution in [-0.4, -0.2) is 33.3 Å². The molecule has 6 nitrogen and oxygen atoms in total. The molecule has 2 N–H and O–H groups in total. The zero-order chi connectivity index (χ0) is 13.0. The predicted octanol–water partition coefficient (Wildman–Crippen LogP) is 1.07. The molecule has 0 unspecified atom stereocenters. The van der Waals surface area contributed by atoms with Gasteiger partial charge in [-0.3, -0.25) is 9.48 Å². The molecule has 2 rings (SSSR count). The lowest BCUT2D eigenvalue weighted by Gasteiger charge is -2.03. The van der Waals surface area contributed by atoms with E-state index in [9.17, 15) is 9.59 Å². The lowest BCUT2D eigenvalue weighted by atomic mass is 10.4. The summed E-state index contributed by atoms with van der Waals surface area (Å²) in [6.07, 6.45) is 3.47. The Hall–Kier alpha value is -2.15. The molecule has 0 atom stereocenters. The van der Waals surface area contributed by atoms with E-state index < -0.39 is 5.97 Å². The maximum absolute atomic E-state index is 11.7. The molecule has 0 saturated carbocycles. The number of rotatable bonds is 5. The van der Waals surface area contributed by atoms with Crippen molar-refractivity contribution in [2.24, 2.45) is 0 Å². The van der Waals surface area contributed by atoms with Crippen molar-refractivity contribution in [1.82, 2.24) is 15.1 Å². The SMILES string of the molecule is O=C(O)c1ccc(C(=O)NCCn2cccn2)s1. The second-order valence-corrected chi connectivity index (χ2v) is 4.58. The van der Waals surface area contributed by atoms with E-state index in [0.717, 1.165) is 11.3 Å². The van der Waals surface area contributed by atoms with Crippen molar-refractivity contribution in [2.75, 3.05) is 6.54 Å². The van der Waals surface area contributed by atoms with Crippen molar-refractivity contribution < 1.29 is 14.7 Å². The summed E-state index contributed by atoms with van der Waals surface area (Å²) in [5.41, 5.74) is 0. The first-order chi connectivity index (χ1) is 8.66. The topological polar surface area (TPSA) is 84.2 Å². The standard InChI is InChI=1S/C11H11N3O3S/c15-10(8-2-3-9(18-8)11(16)17)12-5-7-14-6-1-4-13-14/h1-4,6H,5,7H2,(H,12,15)(H,16,17). The Bertz CT molecular complexity index is 548. The van der Waals surface area contributed by atoms with Gasteiger partial charge in [0.05, 0.1) is 11.4 Å². The van der Waals surface area contributed by atoms with Crippen molar-refractivity contribution in [2.45, 2.75) is 6.54 Å². The number of carbonyl (C=O) groups excluding carboxylic acids is 1. The summed E-state index contributed by atoms with van der Waals surface area (Å²) in [4.78, 5) is 22.9. The lowest BCUT2D eigenvalue weighted by Crippen LogP contribution is -2.26. The number of nitrogens with zero attached hydrogens (tertiary/aromatic N) is 2. The summed E-state index contributed by atoms with van der Waals surface area (Å²) < 4.78 is 1.71. The van der Waals surface area contributed by atoms with Crippen molar-refractivity contribution >= 4 is 23.2 Å². The van der Waals surface area contributed by atoms with Crippen LogP contribution in [0.15, 0.2) is 30.6 Å². The van der Waals surface area contributed by atoms with Crippen LogP contribution in [0.1, 0.15) is 19.3 Å². The van der Waals surface area contributed by atoms with Gasteiger partial charge < -0.3 is 10.4 Å². The first-order valence-corrected chi connectivity index (χ1v) is 6.07. The van der Waals surface area contributed by atoms with Gasteiger partial charge in [-0.2, -0.15) is 5.10 Å². The second-order valence-electron chi connectivity index (χ2n) is 3.49. The molecule has 2 aromatic rings. The average Bonchev–Trinajstić information content (AvgIpc) is 2.99. The van der Waals surface area contributed by atoms with Crippen molar-refractivity contribution in [1.29, 1.82) is 0 Å². The highest BCUT2D eigenvalue weighted by atomic mass is 32.1. The summed E-state index contributed by atoms with van der Waals surface area (Å²) in [6, 6.07) is 4.74. The molecule has 0 radical (unpaired) electrons. The van der Waals surface area contributed by atoms with E-state index in [1.54, 1.807) is 23.1 Å². The Labute approximate surface area is 107 Å². The predicted molar refractivity (Wildman–Crippen MR) is 65.8 cm³/mol. The fourth-order valence-corrected chi connectivity index (χ4v) is 2.14. The third-order valence-corrected chi connectivity index (χ3v) is 3.30. The number of hydrogen-bond acceptors (Lipinski definition) is 4. The van der Waals surface area contributed by atoms with Crippen LogP contribution >= 0.6 is 11.3 Å². The molecular weight excluding hydrogens is 254 g/mol. The Kier molecular flexibility index (Phi) is 3.73. The highest BCUT2D eigenvalue weighted by Crippen LogP contribution is 2.15. The van der Waals surface area contributed by atoms with Crippen LogP contribution in [0.3, 0.4) is 0 Å². The Morgan fingerprint density at radius 3 is 2.78 bits per heavy atom. The van der Waals surface area contributed by atoms with E-state index in [2.05, 4.69) is 10.4 Å². The number of carboxylic acids is 1. The van der Waals surface area contributed by atoms with Crippen LogP contribution in [0.2, 0.25) is 0 Å². The van der Waals surface area contributed by atoms with Gasteiger partial charge in [-0.05, 0) is 18.2 Å². The molecule has 2 aromatic heterocycles. The average molecular weight is 265 g/mol. The molecule has 0 saturated heterocycles. The van der Waals surface area contributed by atoms with E-state index in [1.165, 1.54) is 12.1 Å². The fourth-order valence-electron chi connectivity index (χ4n) is 1.38. The number of nitrogens with one attached hydrogen (secondary N) is 1. The molecule has 0 aromatic carbocycles. The third kappa shape index (κ3) is 2.95. The van der Waals surface area contributed by atoms with Crippen LogP contribution in [0.4, 0.5) is 0 Å². The minimum absolute atomic E-state index is 0.159. The van der Waals surface area contributed by atoms with Gasteiger partial charge >= 0.3 is 5.97 Å². The number of aromatic nitrogens is 2. The third-order valence-electron chi connectivity index (χ3n) is 2.23. The number of carboxylic acid groups (broad SMARTS) is 1. The largest absolute Gasteiger partial charge is 0.477 e. The van der Waals surface area contributed by atoms with Crippen LogP contribution in [0, 0.1) is 0 Å². The maximum atomic E-state index is 11.7. The highest BCUT2D eigenvalue weighted by Gasteiger charge is 2.12. The summed E-state index contributed by atoms with van der Waals surface area (Å²) in [6.45, 7) is 1.02.